The normalized spacial score (nSPS) is 15.1. The number of ketones is 2. The van der Waals surface area contributed by atoms with Crippen molar-refractivity contribution in [3.63, 3.8) is 0 Å². The van der Waals surface area contributed by atoms with Crippen LogP contribution in [0.3, 0.4) is 0 Å². The number of allylic oxidation sites excluding steroid dienone is 2. The first kappa shape index (κ1) is 36.9. The SMILES string of the molecule is CC(C)(C)C(=O)Oc1ccccc1C(=O)/C1=C\Nc2ccccc2N=C/C(C(=O)c2ccccc2OC(=O)C(C)(C)C)=C/Nc2ccccc2N=C1. The van der Waals surface area contributed by atoms with Gasteiger partial charge in [0.05, 0.1) is 55.9 Å². The van der Waals surface area contributed by atoms with Gasteiger partial charge in [-0.05, 0) is 90.1 Å². The number of ether oxygens (including phenoxy) is 2. The molecule has 1 aliphatic rings. The van der Waals surface area contributed by atoms with Gasteiger partial charge in [0.1, 0.15) is 11.5 Å². The number of para-hydroxylation sites is 6. The quantitative estimate of drug-likeness (QED) is 0.116. The molecule has 0 aromatic heterocycles. The maximum Gasteiger partial charge on any atom is 0.316 e. The van der Waals surface area contributed by atoms with Crippen LogP contribution < -0.4 is 20.1 Å². The van der Waals surface area contributed by atoms with E-state index in [1.54, 1.807) is 139 Å². The molecule has 0 unspecified atom stereocenters. The maximum atomic E-state index is 14.1. The molecule has 0 atom stereocenters. The Hall–Kier alpha value is -6.42. The molecule has 4 aromatic carbocycles. The Morgan fingerprint density at radius 1 is 0.500 bits per heavy atom. The van der Waals surface area contributed by atoms with Crippen LogP contribution in [0.1, 0.15) is 62.3 Å². The number of benzene rings is 4. The highest BCUT2D eigenvalue weighted by Gasteiger charge is 2.27. The second-order valence-corrected chi connectivity index (χ2v) is 14.0. The zero-order valence-corrected chi connectivity index (χ0v) is 29.9. The lowest BCUT2D eigenvalue weighted by molar-refractivity contribution is -0.143. The summed E-state index contributed by atoms with van der Waals surface area (Å²) < 4.78 is 11.3. The summed E-state index contributed by atoms with van der Waals surface area (Å²) in [6, 6.07) is 27.3. The minimum Gasteiger partial charge on any atom is -0.425 e. The number of anilines is 2. The van der Waals surface area contributed by atoms with Gasteiger partial charge in [-0.3, -0.25) is 29.2 Å². The van der Waals surface area contributed by atoms with E-state index < -0.39 is 34.3 Å². The number of nitrogens with zero attached hydrogens (tertiary/aromatic N) is 2. The summed E-state index contributed by atoms with van der Waals surface area (Å²) in [6.07, 6.45) is 5.86. The number of carbonyl (C=O) groups is 4. The molecule has 2 N–H and O–H groups in total. The van der Waals surface area contributed by atoms with E-state index >= 15 is 0 Å². The van der Waals surface area contributed by atoms with E-state index in [1.165, 1.54) is 24.8 Å². The van der Waals surface area contributed by atoms with Crippen molar-refractivity contribution < 1.29 is 28.7 Å². The van der Waals surface area contributed by atoms with Gasteiger partial charge in [0, 0.05) is 24.8 Å². The monoisotopic (exact) mass is 696 g/mol. The molecule has 0 bridgehead atoms. The molecule has 4 aromatic rings. The van der Waals surface area contributed by atoms with Crippen LogP contribution in [-0.2, 0) is 9.59 Å². The van der Waals surface area contributed by atoms with Gasteiger partial charge in [-0.15, -0.1) is 0 Å². The lowest BCUT2D eigenvalue weighted by Crippen LogP contribution is -2.26. The third-order valence-electron chi connectivity index (χ3n) is 7.68. The fourth-order valence-electron chi connectivity index (χ4n) is 4.63. The molecule has 264 valence electrons. The van der Waals surface area contributed by atoms with Crippen molar-refractivity contribution >= 4 is 58.7 Å². The molecule has 1 heterocycles. The molecule has 0 saturated carbocycles. The van der Waals surface area contributed by atoms with Gasteiger partial charge in [-0.1, -0.05) is 48.5 Å². The maximum absolute atomic E-state index is 14.1. The number of aliphatic imine (C=N–C) groups is 2. The second kappa shape index (κ2) is 15.6. The van der Waals surface area contributed by atoms with Gasteiger partial charge in [-0.25, -0.2) is 0 Å². The zero-order chi connectivity index (χ0) is 37.5. The minimum atomic E-state index is -0.787. The van der Waals surface area contributed by atoms with Gasteiger partial charge < -0.3 is 20.1 Å². The third-order valence-corrected chi connectivity index (χ3v) is 7.68. The van der Waals surface area contributed by atoms with Crippen LogP contribution in [-0.4, -0.2) is 35.9 Å². The summed E-state index contributed by atoms with van der Waals surface area (Å²) >= 11 is 0. The van der Waals surface area contributed by atoms with Gasteiger partial charge in [-0.2, -0.15) is 0 Å². The molecule has 0 saturated heterocycles. The number of carbonyl (C=O) groups excluding carboxylic acids is 4. The molecule has 0 amide bonds. The number of hydrogen-bond donors (Lipinski definition) is 2. The molecule has 0 spiro atoms. The van der Waals surface area contributed by atoms with Crippen molar-refractivity contribution in [1.29, 1.82) is 0 Å². The molecule has 0 radical (unpaired) electrons. The van der Waals surface area contributed by atoms with Crippen LogP contribution in [0.15, 0.2) is 131 Å². The number of nitrogens with one attached hydrogen (secondary N) is 2. The summed E-state index contributed by atoms with van der Waals surface area (Å²) in [7, 11) is 0. The zero-order valence-electron chi connectivity index (χ0n) is 29.9. The molecule has 52 heavy (non-hydrogen) atoms. The molecule has 10 nitrogen and oxygen atoms in total. The number of hydrogen-bond acceptors (Lipinski definition) is 10. The van der Waals surface area contributed by atoms with Gasteiger partial charge in [0.2, 0.25) is 0 Å². The standard InChI is InChI=1S/C42H40N4O6/c1-41(2,3)39(49)51-35-21-13-7-15-29(35)37(47)27-23-43-31-17-9-11-19-33(31)45-25-28(26-46-34-20-12-10-18-32(34)44-24-27)38(48)30-16-8-14-22-36(30)52-40(50)42(4,5)6/h7-26,43,46H,1-6H3/b27-23-,28-26-,44-24?,45-25?. The summed E-state index contributed by atoms with van der Waals surface area (Å²) in [5.41, 5.74) is 1.10. The Kier molecular flexibility index (Phi) is 11.1. The lowest BCUT2D eigenvalue weighted by Gasteiger charge is -2.18. The predicted octanol–water partition coefficient (Wildman–Crippen LogP) is 9.07. The van der Waals surface area contributed by atoms with E-state index in [1.807, 2.05) is 0 Å². The van der Waals surface area contributed by atoms with E-state index in [9.17, 15) is 19.2 Å². The Balaban J connectivity index is 1.57. The van der Waals surface area contributed by atoms with E-state index in [4.69, 9.17) is 9.47 Å². The Labute approximate surface area is 303 Å². The highest BCUT2D eigenvalue weighted by Crippen LogP contribution is 2.31. The topological polar surface area (TPSA) is 136 Å². The second-order valence-electron chi connectivity index (χ2n) is 14.0. The Morgan fingerprint density at radius 3 is 1.23 bits per heavy atom. The lowest BCUT2D eigenvalue weighted by atomic mass is 9.97. The third kappa shape index (κ3) is 9.02. The first-order valence-electron chi connectivity index (χ1n) is 16.6. The van der Waals surface area contributed by atoms with E-state index in [0.29, 0.717) is 22.7 Å². The summed E-state index contributed by atoms with van der Waals surface area (Å²) in [5.74, 6) is -1.58. The smallest absolute Gasteiger partial charge is 0.316 e. The van der Waals surface area contributed by atoms with Crippen molar-refractivity contribution in [3.8, 4) is 11.5 Å². The molecule has 0 fully saturated rings. The van der Waals surface area contributed by atoms with Gasteiger partial charge in [0.25, 0.3) is 0 Å². The number of esters is 2. The molecule has 5 rings (SSSR count). The van der Waals surface area contributed by atoms with Crippen LogP contribution in [0.4, 0.5) is 22.7 Å². The molecular formula is C42H40N4O6. The van der Waals surface area contributed by atoms with E-state index in [2.05, 4.69) is 20.6 Å². The molecular weight excluding hydrogens is 656 g/mol. The summed E-state index contributed by atoms with van der Waals surface area (Å²) in [5, 5.41) is 6.35. The van der Waals surface area contributed by atoms with E-state index in [-0.39, 0.29) is 33.8 Å². The Morgan fingerprint density at radius 2 is 0.846 bits per heavy atom. The van der Waals surface area contributed by atoms with Crippen molar-refractivity contribution in [2.75, 3.05) is 10.6 Å². The van der Waals surface area contributed by atoms with Crippen molar-refractivity contribution in [3.05, 3.63) is 132 Å². The average Bonchev–Trinajstić information content (AvgIpc) is 3.11. The highest BCUT2D eigenvalue weighted by atomic mass is 16.5. The van der Waals surface area contributed by atoms with Crippen LogP contribution >= 0.6 is 0 Å². The molecule has 0 aliphatic carbocycles. The fourth-order valence-corrected chi connectivity index (χ4v) is 4.63. The fraction of sp³-hybridized carbons (Fsp3) is 0.190. The number of rotatable bonds is 6. The van der Waals surface area contributed by atoms with Crippen molar-refractivity contribution in [2.45, 2.75) is 41.5 Å². The summed E-state index contributed by atoms with van der Waals surface area (Å²) in [4.78, 5) is 63.0. The largest absolute Gasteiger partial charge is 0.425 e. The predicted molar refractivity (Wildman–Crippen MR) is 204 cm³/mol. The van der Waals surface area contributed by atoms with Crippen LogP contribution in [0.25, 0.3) is 0 Å². The molecule has 1 aliphatic heterocycles. The van der Waals surface area contributed by atoms with Crippen LogP contribution in [0, 0.1) is 10.8 Å². The summed E-state index contributed by atoms with van der Waals surface area (Å²) in [6.45, 7) is 10.4. The van der Waals surface area contributed by atoms with Crippen molar-refractivity contribution in [2.24, 2.45) is 20.8 Å². The van der Waals surface area contributed by atoms with Crippen molar-refractivity contribution in [1.82, 2.24) is 0 Å². The minimum absolute atomic E-state index is 0.130. The van der Waals surface area contributed by atoms with E-state index in [0.717, 1.165) is 0 Å². The Bertz CT molecular complexity index is 1990. The first-order valence-corrected chi connectivity index (χ1v) is 16.6. The van der Waals surface area contributed by atoms with Gasteiger partial charge >= 0.3 is 11.9 Å². The highest BCUT2D eigenvalue weighted by molar-refractivity contribution is 6.24. The average molecular weight is 697 g/mol. The molecule has 10 heteroatoms. The number of Topliss-reactive ketones (excluding diaryl/α,β-unsaturated/α-hetero) is 2. The van der Waals surface area contributed by atoms with Crippen LogP contribution in [0.2, 0.25) is 0 Å². The number of fused-ring (bicyclic) bond motifs is 2. The van der Waals surface area contributed by atoms with Crippen LogP contribution in [0.5, 0.6) is 11.5 Å². The first-order chi connectivity index (χ1) is 24.7. The van der Waals surface area contributed by atoms with Gasteiger partial charge in [0.15, 0.2) is 11.6 Å².